The van der Waals surface area contributed by atoms with Crippen molar-refractivity contribution in [3.63, 3.8) is 0 Å². The Balaban J connectivity index is 1.78. The van der Waals surface area contributed by atoms with Gasteiger partial charge < -0.3 is 28.1 Å². The van der Waals surface area contributed by atoms with Gasteiger partial charge in [0.15, 0.2) is 32.9 Å². The van der Waals surface area contributed by atoms with Crippen LogP contribution in [0.1, 0.15) is 72.6 Å². The third-order valence-corrected chi connectivity index (χ3v) is 14.9. The molecule has 9 nitrogen and oxygen atoms in total. The Kier molecular flexibility index (Phi) is 12.5. The van der Waals surface area contributed by atoms with Gasteiger partial charge in [0, 0.05) is 7.11 Å². The highest BCUT2D eigenvalue weighted by Gasteiger charge is 2.54. The second kappa shape index (κ2) is 16.3. The number of hydrogen-bond donors (Lipinski definition) is 0. The Bertz CT molecular complexity index is 1420. The lowest BCUT2D eigenvalue weighted by molar-refractivity contribution is -0.291. The molecule has 1 aliphatic rings. The van der Waals surface area contributed by atoms with Crippen molar-refractivity contribution in [2.45, 2.75) is 88.9 Å². The molecule has 0 radical (unpaired) electrons. The molecule has 0 saturated carbocycles. The number of carbonyl (C=O) groups is 3. The fraction of sp³-hybridized carbons (Fsp3) is 0.432. The van der Waals surface area contributed by atoms with E-state index in [1.165, 1.54) is 7.11 Å². The molecule has 0 amide bonds. The Hall–Kier alpha value is -3.83. The highest BCUT2D eigenvalue weighted by Crippen LogP contribution is 2.43. The number of rotatable bonds is 13. The third kappa shape index (κ3) is 8.37. The maximum Gasteiger partial charge on any atom is 0.338 e. The summed E-state index contributed by atoms with van der Waals surface area (Å²) in [5.41, 5.74) is 1.64. The van der Waals surface area contributed by atoms with Gasteiger partial charge >= 0.3 is 17.9 Å². The molecule has 1 saturated heterocycles. The molecule has 1 fully saturated rings. The predicted molar refractivity (Wildman–Crippen MR) is 180 cm³/mol. The number of esters is 3. The zero-order valence-corrected chi connectivity index (χ0v) is 29.2. The molecule has 5 atom stereocenters. The Morgan fingerprint density at radius 2 is 0.957 bits per heavy atom. The van der Waals surface area contributed by atoms with Gasteiger partial charge in [-0.25, -0.2) is 14.4 Å². The monoisotopic (exact) mass is 662 g/mol. The van der Waals surface area contributed by atoms with Crippen molar-refractivity contribution in [3.8, 4) is 0 Å². The van der Waals surface area contributed by atoms with Crippen LogP contribution in [0.4, 0.5) is 0 Å². The lowest BCUT2D eigenvalue weighted by atomic mass is 9.97. The fourth-order valence-corrected chi connectivity index (χ4v) is 12.1. The Labute approximate surface area is 278 Å². The van der Waals surface area contributed by atoms with Crippen molar-refractivity contribution < 1.29 is 42.5 Å². The van der Waals surface area contributed by atoms with Crippen LogP contribution < -0.4 is 0 Å². The van der Waals surface area contributed by atoms with Crippen molar-refractivity contribution in [1.82, 2.24) is 0 Å². The molecule has 3 aromatic carbocycles. The maximum atomic E-state index is 13.6. The van der Waals surface area contributed by atoms with Gasteiger partial charge in [-0.15, -0.1) is 0 Å². The van der Waals surface area contributed by atoms with Gasteiger partial charge in [-0.1, -0.05) is 96.1 Å². The van der Waals surface area contributed by atoms with E-state index in [0.717, 1.165) is 0 Å². The van der Waals surface area contributed by atoms with E-state index >= 15 is 0 Å². The van der Waals surface area contributed by atoms with E-state index in [-0.39, 0.29) is 34.4 Å². The maximum absolute atomic E-state index is 13.6. The molecule has 10 heteroatoms. The average Bonchev–Trinajstić information content (AvgIpc) is 3.07. The minimum Gasteiger partial charge on any atom is -0.452 e. The molecule has 47 heavy (non-hydrogen) atoms. The lowest BCUT2D eigenvalue weighted by Gasteiger charge is -2.47. The van der Waals surface area contributed by atoms with E-state index in [9.17, 15) is 14.4 Å². The summed E-state index contributed by atoms with van der Waals surface area (Å²) in [6.45, 7) is 13.0. The van der Waals surface area contributed by atoms with E-state index in [1.54, 1.807) is 91.0 Å². The Morgan fingerprint density at radius 3 is 1.32 bits per heavy atom. The molecule has 0 spiro atoms. The second-order valence-electron chi connectivity index (χ2n) is 12.6. The van der Waals surface area contributed by atoms with Gasteiger partial charge in [0.2, 0.25) is 0 Å². The average molecular weight is 663 g/mol. The van der Waals surface area contributed by atoms with E-state index < -0.39 is 56.9 Å². The zero-order chi connectivity index (χ0) is 34.1. The van der Waals surface area contributed by atoms with Crippen LogP contribution in [0.2, 0.25) is 16.6 Å². The lowest BCUT2D eigenvalue weighted by Crippen LogP contribution is -2.63. The van der Waals surface area contributed by atoms with E-state index in [0.29, 0.717) is 5.56 Å². The highest BCUT2D eigenvalue weighted by atomic mass is 28.4. The summed E-state index contributed by atoms with van der Waals surface area (Å²) >= 11 is 0. The number of hydrogen-bond acceptors (Lipinski definition) is 9. The summed E-state index contributed by atoms with van der Waals surface area (Å²) in [7, 11) is -1.02. The SMILES string of the molecule is CO[C@H]1O[C@H](CO[Si](C(C)C)(C(C)C)C(C)C)[C@@H](OC(=O)c2ccccc2)[C@@H](OC(=O)c2ccccc2)[C@@H]1OC(=O)c1ccccc1. The van der Waals surface area contributed by atoms with E-state index in [4.69, 9.17) is 28.1 Å². The van der Waals surface area contributed by atoms with E-state index in [1.807, 2.05) is 0 Å². The summed E-state index contributed by atoms with van der Waals surface area (Å²) in [6.07, 6.45) is -5.95. The first-order chi connectivity index (χ1) is 22.5. The van der Waals surface area contributed by atoms with Gasteiger partial charge in [0.05, 0.1) is 23.3 Å². The first-order valence-corrected chi connectivity index (χ1v) is 18.2. The third-order valence-electron chi connectivity index (χ3n) is 8.79. The number of ether oxygens (including phenoxy) is 5. The van der Waals surface area contributed by atoms with Crippen molar-refractivity contribution in [2.75, 3.05) is 13.7 Å². The van der Waals surface area contributed by atoms with Crippen molar-refractivity contribution in [3.05, 3.63) is 108 Å². The van der Waals surface area contributed by atoms with Crippen LogP contribution >= 0.6 is 0 Å². The molecule has 4 rings (SSSR count). The number of carbonyl (C=O) groups excluding carboxylic acids is 3. The number of benzene rings is 3. The summed E-state index contributed by atoms with van der Waals surface area (Å²) in [5.74, 6) is -2.03. The van der Waals surface area contributed by atoms with Gasteiger partial charge in [-0.05, 0) is 53.0 Å². The standard InChI is InChI=1S/C37H46O9Si/c1-24(2)47(25(3)4,26(5)6)42-23-30-31(44-34(38)27-17-11-8-12-18-27)32(45-35(39)28-19-13-9-14-20-28)33(37(41-7)43-30)46-36(40)29-21-15-10-16-22-29/h8-22,24-26,30-33,37H,23H2,1-7H3/t30-,31-,32-,33+,37+/m1/s1. The normalized spacial score (nSPS) is 21.4. The molecule has 252 valence electrons. The van der Waals surface area contributed by atoms with Crippen LogP contribution in [0, 0.1) is 0 Å². The first-order valence-electron chi connectivity index (χ1n) is 16.1. The minimum absolute atomic E-state index is 0.0338. The van der Waals surface area contributed by atoms with Crippen LogP contribution in [0.3, 0.4) is 0 Å². The van der Waals surface area contributed by atoms with Crippen LogP contribution in [0.25, 0.3) is 0 Å². The molecular formula is C37H46O9Si. The van der Waals surface area contributed by atoms with Gasteiger partial charge in [-0.2, -0.15) is 0 Å². The molecule has 1 aliphatic heterocycles. The van der Waals surface area contributed by atoms with Crippen LogP contribution in [-0.2, 0) is 28.1 Å². The Morgan fingerprint density at radius 1 is 0.596 bits per heavy atom. The fourth-order valence-electron chi connectivity index (χ4n) is 6.63. The van der Waals surface area contributed by atoms with Gasteiger partial charge in [0.1, 0.15) is 6.10 Å². The van der Waals surface area contributed by atoms with Crippen LogP contribution in [0.5, 0.6) is 0 Å². The first kappa shape index (κ1) is 36.0. The molecule has 0 aliphatic carbocycles. The molecule has 3 aromatic rings. The number of methoxy groups -OCH3 is 1. The molecule has 0 aromatic heterocycles. The molecule has 0 bridgehead atoms. The van der Waals surface area contributed by atoms with Gasteiger partial charge in [0.25, 0.3) is 0 Å². The molecular weight excluding hydrogens is 616 g/mol. The van der Waals surface area contributed by atoms with Crippen molar-refractivity contribution in [1.29, 1.82) is 0 Å². The van der Waals surface area contributed by atoms with Gasteiger partial charge in [-0.3, -0.25) is 0 Å². The summed E-state index contributed by atoms with van der Waals surface area (Å²) in [5, 5.41) is 0. The van der Waals surface area contributed by atoms with Crippen LogP contribution in [-0.4, -0.2) is 70.6 Å². The smallest absolute Gasteiger partial charge is 0.338 e. The summed E-state index contributed by atoms with van der Waals surface area (Å²) < 4.78 is 37.3. The topological polar surface area (TPSA) is 107 Å². The summed E-state index contributed by atoms with van der Waals surface area (Å²) in [6, 6.07) is 25.3. The minimum atomic E-state index is -2.43. The van der Waals surface area contributed by atoms with Crippen molar-refractivity contribution >= 4 is 26.2 Å². The predicted octanol–water partition coefficient (Wildman–Crippen LogP) is 7.23. The quantitative estimate of drug-likeness (QED) is 0.106. The summed E-state index contributed by atoms with van der Waals surface area (Å²) in [4.78, 5) is 40.6. The molecule has 0 N–H and O–H groups in total. The largest absolute Gasteiger partial charge is 0.452 e. The molecule has 0 unspecified atom stereocenters. The highest BCUT2D eigenvalue weighted by molar-refractivity contribution is 6.77. The second-order valence-corrected chi connectivity index (χ2v) is 18.1. The van der Waals surface area contributed by atoms with E-state index in [2.05, 4.69) is 41.5 Å². The van der Waals surface area contributed by atoms with Crippen molar-refractivity contribution in [2.24, 2.45) is 0 Å². The zero-order valence-electron chi connectivity index (χ0n) is 28.2. The molecule has 1 heterocycles. The van der Waals surface area contributed by atoms with Crippen LogP contribution in [0.15, 0.2) is 91.0 Å².